The number of carbonyl (C=O) groups is 3. The predicted octanol–water partition coefficient (Wildman–Crippen LogP) is -3.77. The number of aromatic carboxylic acids is 3. The molecule has 305 valence electrons. The maximum absolute atomic E-state index is 10.7. The summed E-state index contributed by atoms with van der Waals surface area (Å²) in [4.78, 5) is 43.9. The molecule has 11 N–H and O–H groups in total. The minimum absolute atomic E-state index is 0. The number of aliphatic hydroxyl groups excluding tert-OH is 1. The topological polar surface area (TPSA) is 390 Å². The van der Waals surface area contributed by atoms with Crippen molar-refractivity contribution in [2.75, 3.05) is 7.11 Å². The predicted molar refractivity (Wildman–Crippen MR) is 192 cm³/mol. The van der Waals surface area contributed by atoms with Crippen LogP contribution < -0.4 is 15.3 Å². The maximum atomic E-state index is 10.7. The van der Waals surface area contributed by atoms with Crippen molar-refractivity contribution in [1.82, 2.24) is 44.3 Å². The van der Waals surface area contributed by atoms with Crippen molar-refractivity contribution >= 4 is 17.9 Å². The number of carboxylic acid groups (broad SMARTS) is 3. The molecule has 0 amide bonds. The Bertz CT molecular complexity index is 1900. The number of rotatable bonds is 6. The van der Waals surface area contributed by atoms with Gasteiger partial charge >= 0.3 is 39.9 Å². The molecule has 21 nitrogen and oxygen atoms in total. The number of nitrogens with zero attached hydrogens (tertiary/aromatic N) is 9. The fourth-order valence-electron chi connectivity index (χ4n) is 4.55. The molecule has 0 aromatic carbocycles. The second-order valence-corrected chi connectivity index (χ2v) is 10.5. The number of aliphatic hydroxyl groups is 1. The molecule has 0 saturated carbocycles. The Morgan fingerprint density at radius 1 is 0.464 bits per heavy atom. The molecule has 0 atom stereocenters. The Labute approximate surface area is 352 Å². The van der Waals surface area contributed by atoms with Crippen molar-refractivity contribution in [1.29, 1.82) is 0 Å². The summed E-state index contributed by atoms with van der Waals surface area (Å²) in [6.07, 6.45) is 0. The molecular weight excluding hydrogens is 884 g/mol. The van der Waals surface area contributed by atoms with Gasteiger partial charge in [-0.15, -0.1) is 0 Å². The molecule has 6 aromatic rings. The van der Waals surface area contributed by atoms with Crippen molar-refractivity contribution in [3.05, 3.63) is 124 Å². The Morgan fingerprint density at radius 3 is 0.839 bits per heavy atom. The van der Waals surface area contributed by atoms with E-state index in [1.54, 1.807) is 50.4 Å². The van der Waals surface area contributed by atoms with Gasteiger partial charge in [-0.1, -0.05) is 18.2 Å². The molecule has 6 heterocycles. The van der Waals surface area contributed by atoms with Gasteiger partial charge in [0.15, 0.2) is 17.5 Å². The molecule has 22 heteroatoms. The Kier molecular flexibility index (Phi) is 27.0. The third-order valence-corrected chi connectivity index (χ3v) is 6.51. The number of carboxylic acids is 3. The van der Waals surface area contributed by atoms with Crippen LogP contribution in [0.25, 0.3) is 17.5 Å². The first-order valence-electron chi connectivity index (χ1n) is 14.8. The third kappa shape index (κ3) is 15.4. The van der Waals surface area contributed by atoms with E-state index in [1.807, 2.05) is 59.7 Å². The summed E-state index contributed by atoms with van der Waals surface area (Å²) >= 11 is 0. The summed E-state index contributed by atoms with van der Waals surface area (Å²) in [7, 11) is 1.00. The zero-order chi connectivity index (χ0) is 37.1. The fourth-order valence-corrected chi connectivity index (χ4v) is 4.55. The van der Waals surface area contributed by atoms with Crippen LogP contribution in [-0.2, 0) is 0 Å². The number of hydrogen-bond donors (Lipinski definition) is 1. The standard InChI is InChI=1S/3C11H11N3O2.CH4O.Gd.5H2O/c3*1-7-6-8(2)14(13-7)10-5-3-4-9(12-10)11(15)16;1-2;;;;;;/h3*3-6H,1-2H3,(H,15,16);2H,1H3;;5*1H2/q;;;;+3;;;;;/p-3. The van der Waals surface area contributed by atoms with Crippen LogP contribution in [0.5, 0.6) is 0 Å². The second-order valence-electron chi connectivity index (χ2n) is 10.5. The monoisotopic (exact) mass is 928 g/mol. The van der Waals surface area contributed by atoms with Crippen LogP contribution in [0, 0.1) is 81.5 Å². The average molecular weight is 928 g/mol. The molecule has 0 saturated heterocycles. The van der Waals surface area contributed by atoms with E-state index >= 15 is 0 Å². The molecular formula is C34H44GdN9O12. The number of carbonyl (C=O) groups excluding carboxylic acids is 3. The molecule has 6 rings (SSSR count). The first kappa shape index (κ1) is 57.3. The van der Waals surface area contributed by atoms with E-state index in [2.05, 4.69) is 30.2 Å². The summed E-state index contributed by atoms with van der Waals surface area (Å²) in [6.45, 7) is 11.2. The molecule has 0 bridgehead atoms. The van der Waals surface area contributed by atoms with E-state index in [9.17, 15) is 29.7 Å². The SMILES string of the molecule is CO.Cc1cc(C)n(-c2cccc(C(=O)[O-])n2)n1.Cc1cc(C)n(-c2cccc(C(=O)[O-])n2)n1.Cc1cc(C)n(-c2cccc(C(=O)[O-])n2)n1.O.O.O.O.O.[Gd+3]. The smallest absolute Gasteiger partial charge is 0.543 e. The first-order chi connectivity index (χ1) is 23.7. The summed E-state index contributed by atoms with van der Waals surface area (Å²) in [5.74, 6) is -2.43. The number of pyridine rings is 3. The fraction of sp³-hybridized carbons (Fsp3) is 0.206. The van der Waals surface area contributed by atoms with Crippen molar-refractivity contribution in [2.45, 2.75) is 41.5 Å². The molecule has 0 aliphatic rings. The molecule has 0 aliphatic carbocycles. The third-order valence-electron chi connectivity index (χ3n) is 6.51. The average Bonchev–Trinajstić information content (AvgIpc) is 3.75. The Balaban J connectivity index is -0.000000336. The van der Waals surface area contributed by atoms with Gasteiger partial charge in [0.1, 0.15) is 0 Å². The van der Waals surface area contributed by atoms with Gasteiger partial charge in [0.25, 0.3) is 0 Å². The van der Waals surface area contributed by atoms with Gasteiger partial charge in [-0.3, -0.25) is 0 Å². The van der Waals surface area contributed by atoms with E-state index in [1.165, 1.54) is 18.2 Å². The van der Waals surface area contributed by atoms with Gasteiger partial charge in [0.2, 0.25) is 0 Å². The Hall–Kier alpha value is -5.43. The minimum atomic E-state index is -1.29. The second kappa shape index (κ2) is 26.4. The normalized spacial score (nSPS) is 9.00. The van der Waals surface area contributed by atoms with Crippen LogP contribution in [0.2, 0.25) is 0 Å². The summed E-state index contributed by atoms with van der Waals surface area (Å²) in [5.41, 5.74) is 5.01. The molecule has 0 unspecified atom stereocenters. The van der Waals surface area contributed by atoms with Crippen LogP contribution in [0.1, 0.15) is 65.6 Å². The molecule has 56 heavy (non-hydrogen) atoms. The summed E-state index contributed by atoms with van der Waals surface area (Å²) in [5, 5.41) is 51.7. The van der Waals surface area contributed by atoms with Crippen LogP contribution in [-0.4, -0.2) is 102 Å². The van der Waals surface area contributed by atoms with Gasteiger partial charge in [-0.05, 0) is 96.1 Å². The molecule has 1 radical (unpaired) electrons. The number of aryl methyl sites for hydroxylation is 6. The van der Waals surface area contributed by atoms with Crippen LogP contribution in [0.15, 0.2) is 72.8 Å². The first-order valence-corrected chi connectivity index (χ1v) is 14.8. The van der Waals surface area contributed by atoms with Crippen molar-refractivity contribution in [2.24, 2.45) is 0 Å². The Morgan fingerprint density at radius 2 is 0.679 bits per heavy atom. The quantitative estimate of drug-likeness (QED) is 0.168. The number of aromatic nitrogens is 9. The van der Waals surface area contributed by atoms with Crippen molar-refractivity contribution in [3.63, 3.8) is 0 Å². The molecule has 0 spiro atoms. The van der Waals surface area contributed by atoms with E-state index in [4.69, 9.17) is 5.11 Å². The largest absolute Gasteiger partial charge is 3.00 e. The minimum Gasteiger partial charge on any atom is -0.543 e. The van der Waals surface area contributed by atoms with Gasteiger partial charge < -0.3 is 62.2 Å². The van der Waals surface area contributed by atoms with Gasteiger partial charge in [0, 0.05) is 24.2 Å². The van der Waals surface area contributed by atoms with E-state index in [0.717, 1.165) is 41.3 Å². The van der Waals surface area contributed by atoms with Crippen molar-refractivity contribution in [3.8, 4) is 17.5 Å². The van der Waals surface area contributed by atoms with Crippen molar-refractivity contribution < 1.29 is 102 Å². The van der Waals surface area contributed by atoms with Crippen LogP contribution in [0.4, 0.5) is 0 Å². The molecule has 6 aromatic heterocycles. The molecule has 0 aliphatic heterocycles. The van der Waals surface area contributed by atoms with Crippen LogP contribution >= 0.6 is 0 Å². The van der Waals surface area contributed by atoms with Crippen LogP contribution in [0.3, 0.4) is 0 Å². The summed E-state index contributed by atoms with van der Waals surface area (Å²) in [6, 6.07) is 19.8. The van der Waals surface area contributed by atoms with E-state index in [-0.39, 0.29) is 84.4 Å². The number of hydrogen-bond acceptors (Lipinski definition) is 13. The summed E-state index contributed by atoms with van der Waals surface area (Å²) < 4.78 is 4.80. The molecule has 0 fully saturated rings. The van der Waals surface area contributed by atoms with Gasteiger partial charge in [-0.2, -0.15) is 15.3 Å². The zero-order valence-electron chi connectivity index (χ0n) is 31.2. The van der Waals surface area contributed by atoms with E-state index in [0.29, 0.717) is 17.5 Å². The zero-order valence-corrected chi connectivity index (χ0v) is 33.5. The van der Waals surface area contributed by atoms with Gasteiger partial charge in [-0.25, -0.2) is 29.0 Å². The van der Waals surface area contributed by atoms with E-state index < -0.39 is 17.9 Å². The van der Waals surface area contributed by atoms with Gasteiger partial charge in [0.05, 0.1) is 52.1 Å². The maximum Gasteiger partial charge on any atom is 3.00 e.